The monoisotopic (exact) mass is 414 g/mol. The van der Waals surface area contributed by atoms with Gasteiger partial charge in [0.05, 0.1) is 19.3 Å². The number of hydrogen-bond acceptors (Lipinski definition) is 8. The third-order valence-corrected chi connectivity index (χ3v) is 4.82. The van der Waals surface area contributed by atoms with Crippen molar-refractivity contribution in [1.29, 1.82) is 0 Å². The summed E-state index contributed by atoms with van der Waals surface area (Å²) in [6.45, 7) is 5.38. The minimum absolute atomic E-state index is 0.0187. The van der Waals surface area contributed by atoms with Crippen LogP contribution in [0.15, 0.2) is 12.1 Å². The first-order valence-corrected chi connectivity index (χ1v) is 9.44. The van der Waals surface area contributed by atoms with Gasteiger partial charge in [0.25, 0.3) is 0 Å². The molecule has 1 N–H and O–H groups in total. The lowest BCUT2D eigenvalue weighted by Gasteiger charge is -2.17. The zero-order chi connectivity index (χ0) is 22.0. The van der Waals surface area contributed by atoms with E-state index in [2.05, 4.69) is 0 Å². The molecule has 8 heteroatoms. The molecular weight excluding hydrogens is 392 g/mol. The van der Waals surface area contributed by atoms with Crippen molar-refractivity contribution in [3.05, 3.63) is 39.9 Å². The Labute approximate surface area is 173 Å². The molecular formula is C22H22O8. The van der Waals surface area contributed by atoms with E-state index in [0.29, 0.717) is 29.6 Å². The Morgan fingerprint density at radius 3 is 2.53 bits per heavy atom. The lowest BCUT2D eigenvalue weighted by atomic mass is 10.0. The predicted octanol–water partition coefficient (Wildman–Crippen LogP) is 4.11. The average Bonchev–Trinajstić information content (AvgIpc) is 2.85. The largest absolute Gasteiger partial charge is 0.507 e. The Balaban J connectivity index is 2.25. The normalized spacial score (nSPS) is 12.1. The minimum Gasteiger partial charge on any atom is -0.507 e. The minimum atomic E-state index is -0.786. The van der Waals surface area contributed by atoms with Crippen molar-refractivity contribution in [3.8, 4) is 28.7 Å². The molecule has 3 rings (SSSR count). The first kappa shape index (κ1) is 21.2. The van der Waals surface area contributed by atoms with Gasteiger partial charge in [-0.1, -0.05) is 13.3 Å². The van der Waals surface area contributed by atoms with Gasteiger partial charge in [0.1, 0.15) is 22.6 Å². The summed E-state index contributed by atoms with van der Waals surface area (Å²) in [5.74, 6) is -1.82. The van der Waals surface area contributed by atoms with Crippen LogP contribution in [-0.4, -0.2) is 37.0 Å². The first-order chi connectivity index (χ1) is 14.3. The number of ether oxygens (including phenoxy) is 4. The van der Waals surface area contributed by atoms with Crippen LogP contribution in [-0.2, 0) is 4.74 Å². The fraction of sp³-hybridized carbons (Fsp3) is 0.318. The molecule has 0 aliphatic carbocycles. The summed E-state index contributed by atoms with van der Waals surface area (Å²) in [6, 6.07) is 2.70. The second-order valence-electron chi connectivity index (χ2n) is 6.84. The van der Waals surface area contributed by atoms with E-state index >= 15 is 0 Å². The van der Waals surface area contributed by atoms with Gasteiger partial charge >= 0.3 is 11.9 Å². The second-order valence-corrected chi connectivity index (χ2v) is 6.84. The van der Waals surface area contributed by atoms with Crippen molar-refractivity contribution in [1.82, 2.24) is 0 Å². The fourth-order valence-corrected chi connectivity index (χ4v) is 3.19. The number of benzene rings is 2. The maximum absolute atomic E-state index is 12.9. The highest BCUT2D eigenvalue weighted by atomic mass is 16.6. The van der Waals surface area contributed by atoms with Gasteiger partial charge in [-0.3, -0.25) is 4.79 Å². The van der Waals surface area contributed by atoms with Crippen LogP contribution < -0.4 is 14.2 Å². The van der Waals surface area contributed by atoms with E-state index in [0.717, 1.165) is 6.42 Å². The second kappa shape index (κ2) is 8.44. The molecule has 1 aliphatic rings. The number of esters is 2. The average molecular weight is 414 g/mol. The number of aromatic hydroxyl groups is 1. The summed E-state index contributed by atoms with van der Waals surface area (Å²) in [5, 5.41) is 10.2. The van der Waals surface area contributed by atoms with Gasteiger partial charge in [-0.05, 0) is 38.0 Å². The van der Waals surface area contributed by atoms with E-state index in [9.17, 15) is 19.5 Å². The van der Waals surface area contributed by atoms with Gasteiger partial charge in [-0.2, -0.15) is 0 Å². The number of carbonyl (C=O) groups is 3. The van der Waals surface area contributed by atoms with Gasteiger partial charge in [-0.15, -0.1) is 0 Å². The van der Waals surface area contributed by atoms with Crippen LogP contribution in [0.4, 0.5) is 0 Å². The molecule has 0 aromatic heterocycles. The maximum Gasteiger partial charge on any atom is 0.347 e. The Kier molecular flexibility index (Phi) is 5.96. The molecule has 158 valence electrons. The molecule has 2 aromatic carbocycles. The molecule has 0 fully saturated rings. The van der Waals surface area contributed by atoms with E-state index in [-0.39, 0.29) is 46.3 Å². The lowest BCUT2D eigenvalue weighted by molar-refractivity contribution is 0.0494. The highest BCUT2D eigenvalue weighted by molar-refractivity contribution is 6.03. The highest BCUT2D eigenvalue weighted by Crippen LogP contribution is 2.48. The van der Waals surface area contributed by atoms with Gasteiger partial charge in [0.15, 0.2) is 23.5 Å². The molecule has 0 unspecified atom stereocenters. The van der Waals surface area contributed by atoms with E-state index < -0.39 is 11.9 Å². The van der Waals surface area contributed by atoms with Crippen molar-refractivity contribution < 1.29 is 38.4 Å². The molecule has 0 amide bonds. The SMILES string of the molecule is CCCCOC(=O)c1cc(OC)c(C)c2c1Oc1c(C=O)c(O)cc(C)c1C(=O)O2. The lowest BCUT2D eigenvalue weighted by Crippen LogP contribution is -2.11. The van der Waals surface area contributed by atoms with Crippen LogP contribution in [0.5, 0.6) is 28.7 Å². The number of hydrogen-bond donors (Lipinski definition) is 1. The molecule has 1 aliphatic heterocycles. The van der Waals surface area contributed by atoms with Crippen LogP contribution in [0.3, 0.4) is 0 Å². The highest BCUT2D eigenvalue weighted by Gasteiger charge is 2.34. The summed E-state index contributed by atoms with van der Waals surface area (Å²) in [4.78, 5) is 37.2. The predicted molar refractivity (Wildman–Crippen MR) is 106 cm³/mol. The third-order valence-electron chi connectivity index (χ3n) is 4.82. The number of aldehydes is 1. The molecule has 0 saturated heterocycles. The fourth-order valence-electron chi connectivity index (χ4n) is 3.19. The molecule has 0 saturated carbocycles. The molecule has 2 aromatic rings. The van der Waals surface area contributed by atoms with Crippen LogP contribution in [0.2, 0.25) is 0 Å². The topological polar surface area (TPSA) is 108 Å². The van der Waals surface area contributed by atoms with E-state index in [1.807, 2.05) is 6.92 Å². The first-order valence-electron chi connectivity index (χ1n) is 9.44. The van der Waals surface area contributed by atoms with Crippen LogP contribution in [0, 0.1) is 13.8 Å². The molecule has 0 atom stereocenters. The van der Waals surface area contributed by atoms with Crippen LogP contribution in [0.1, 0.15) is 62.0 Å². The number of carbonyl (C=O) groups excluding carboxylic acids is 3. The van der Waals surface area contributed by atoms with E-state index in [1.54, 1.807) is 13.8 Å². The van der Waals surface area contributed by atoms with Gasteiger partial charge in [0.2, 0.25) is 0 Å². The molecule has 0 bridgehead atoms. The smallest absolute Gasteiger partial charge is 0.347 e. The number of unbranched alkanes of at least 4 members (excludes halogenated alkanes) is 1. The Hall–Kier alpha value is -3.55. The van der Waals surface area contributed by atoms with Gasteiger partial charge < -0.3 is 24.1 Å². The molecule has 0 radical (unpaired) electrons. The number of phenolic OH excluding ortho intramolecular Hbond substituents is 1. The number of methoxy groups -OCH3 is 1. The van der Waals surface area contributed by atoms with Crippen molar-refractivity contribution in [3.63, 3.8) is 0 Å². The Morgan fingerprint density at radius 1 is 1.17 bits per heavy atom. The van der Waals surface area contributed by atoms with Crippen molar-refractivity contribution in [2.75, 3.05) is 13.7 Å². The third kappa shape index (κ3) is 3.56. The number of aryl methyl sites for hydroxylation is 1. The number of fused-ring (bicyclic) bond motifs is 2. The van der Waals surface area contributed by atoms with Crippen molar-refractivity contribution in [2.24, 2.45) is 0 Å². The van der Waals surface area contributed by atoms with Crippen molar-refractivity contribution in [2.45, 2.75) is 33.6 Å². The Morgan fingerprint density at radius 2 is 1.90 bits per heavy atom. The summed E-state index contributed by atoms with van der Waals surface area (Å²) in [5.41, 5.74) is 0.506. The summed E-state index contributed by atoms with van der Waals surface area (Å²) in [6.07, 6.45) is 1.89. The standard InChI is InChI=1S/C22H22O8/c1-5-6-7-28-21(25)13-9-16(27-4)12(3)18-20(13)29-19-14(10-23)15(24)8-11(2)17(19)22(26)30-18/h8-10,24H,5-7H2,1-4H3. The zero-order valence-electron chi connectivity index (χ0n) is 17.2. The van der Waals surface area contributed by atoms with E-state index in [4.69, 9.17) is 18.9 Å². The van der Waals surface area contributed by atoms with Gasteiger partial charge in [0, 0.05) is 5.56 Å². The van der Waals surface area contributed by atoms with Crippen LogP contribution in [0.25, 0.3) is 0 Å². The molecule has 0 spiro atoms. The Bertz CT molecular complexity index is 1040. The zero-order valence-corrected chi connectivity index (χ0v) is 17.2. The number of phenols is 1. The molecule has 1 heterocycles. The quantitative estimate of drug-likeness (QED) is 0.326. The van der Waals surface area contributed by atoms with Gasteiger partial charge in [-0.25, -0.2) is 9.59 Å². The number of rotatable bonds is 6. The maximum atomic E-state index is 12.9. The van der Waals surface area contributed by atoms with Crippen molar-refractivity contribution >= 4 is 18.2 Å². The molecule has 30 heavy (non-hydrogen) atoms. The summed E-state index contributed by atoms with van der Waals surface area (Å²) >= 11 is 0. The summed E-state index contributed by atoms with van der Waals surface area (Å²) < 4.78 is 22.1. The van der Waals surface area contributed by atoms with Crippen LogP contribution >= 0.6 is 0 Å². The molecule has 8 nitrogen and oxygen atoms in total. The van der Waals surface area contributed by atoms with E-state index in [1.165, 1.54) is 19.2 Å². The summed E-state index contributed by atoms with van der Waals surface area (Å²) in [7, 11) is 1.42.